The summed E-state index contributed by atoms with van der Waals surface area (Å²) in [6.07, 6.45) is 0.149. The number of carboxylic acids is 1. The fraction of sp³-hybridized carbons (Fsp3) is 0.250. The third-order valence-corrected chi connectivity index (χ3v) is 5.79. The van der Waals surface area contributed by atoms with Crippen LogP contribution in [0.25, 0.3) is 0 Å². The highest BCUT2D eigenvalue weighted by Crippen LogP contribution is 2.48. The molecule has 0 aliphatic carbocycles. The number of benzene rings is 2. The van der Waals surface area contributed by atoms with Crippen molar-refractivity contribution in [3.8, 4) is 0 Å². The first-order valence-electron chi connectivity index (χ1n) is 10.4. The van der Waals surface area contributed by atoms with Crippen LogP contribution in [0, 0.1) is 5.92 Å². The van der Waals surface area contributed by atoms with E-state index >= 15 is 0 Å². The topological polar surface area (TPSA) is 133 Å². The second kappa shape index (κ2) is 8.87. The van der Waals surface area contributed by atoms with Crippen molar-refractivity contribution in [3.05, 3.63) is 83.6 Å². The molecule has 2 heterocycles. The Balaban J connectivity index is 1.61. The molecule has 170 valence electrons. The summed E-state index contributed by atoms with van der Waals surface area (Å²) in [5.74, 6) is -5.31. The Morgan fingerprint density at radius 3 is 2.21 bits per heavy atom. The van der Waals surface area contributed by atoms with Crippen LogP contribution in [0.1, 0.15) is 11.1 Å². The number of β-lactam (4-membered cyclic amide) rings is 1. The van der Waals surface area contributed by atoms with Gasteiger partial charge in [-0.2, -0.15) is 0 Å². The van der Waals surface area contributed by atoms with E-state index in [-0.39, 0.29) is 12.8 Å². The number of hydrogen-bond acceptors (Lipinski definition) is 6. The number of ether oxygens (including phenoxy) is 1. The number of imide groups is 1. The summed E-state index contributed by atoms with van der Waals surface area (Å²) < 4.78 is 5.71. The molecule has 2 aromatic carbocycles. The monoisotopic (exact) mass is 450 g/mol. The number of hydrogen-bond donors (Lipinski definition) is 3. The molecular weight excluding hydrogens is 428 g/mol. The average molecular weight is 450 g/mol. The van der Waals surface area contributed by atoms with Gasteiger partial charge in [0.25, 0.3) is 11.4 Å². The van der Waals surface area contributed by atoms with Gasteiger partial charge in [0, 0.05) is 0 Å². The first kappa shape index (κ1) is 22.2. The van der Waals surface area contributed by atoms with Gasteiger partial charge in [-0.1, -0.05) is 60.7 Å². The van der Waals surface area contributed by atoms with Crippen LogP contribution in [-0.2, 0) is 36.8 Å². The number of fused-ring (bicyclic) bond motifs is 1. The van der Waals surface area contributed by atoms with Crippen LogP contribution >= 0.6 is 0 Å². The number of nitrogens with one attached hydrogen (secondary N) is 1. The summed E-state index contributed by atoms with van der Waals surface area (Å²) in [6, 6.07) is 17.7. The number of nitrogens with zero attached hydrogens (tertiary/aromatic N) is 1. The van der Waals surface area contributed by atoms with Gasteiger partial charge in [-0.05, 0) is 23.6 Å². The van der Waals surface area contributed by atoms with Crippen LogP contribution in [0.5, 0.6) is 0 Å². The van der Waals surface area contributed by atoms with Gasteiger partial charge in [0.1, 0.15) is 5.76 Å². The first-order chi connectivity index (χ1) is 15.9. The SMILES string of the molecule is O=C(Cc1ccccc1)NC(=O)[C@@]1(C(=O)O)/C(=C/CO)O[C@@H]2C(Cc3ccccc3)C(=O)N21. The number of carboxylic acid groups (broad SMARTS) is 1. The number of amides is 3. The van der Waals surface area contributed by atoms with Crippen molar-refractivity contribution in [2.24, 2.45) is 5.92 Å². The van der Waals surface area contributed by atoms with Crippen molar-refractivity contribution < 1.29 is 34.1 Å². The van der Waals surface area contributed by atoms with Crippen molar-refractivity contribution in [3.63, 3.8) is 0 Å². The summed E-state index contributed by atoms with van der Waals surface area (Å²) in [5, 5.41) is 21.6. The largest absolute Gasteiger partial charge is 0.479 e. The van der Waals surface area contributed by atoms with Gasteiger partial charge in [0.05, 0.1) is 18.9 Å². The van der Waals surface area contributed by atoms with E-state index in [0.717, 1.165) is 16.5 Å². The molecule has 2 aromatic rings. The second-order valence-corrected chi connectivity index (χ2v) is 7.82. The van der Waals surface area contributed by atoms with Gasteiger partial charge in [0.15, 0.2) is 6.23 Å². The molecule has 0 bridgehead atoms. The fourth-order valence-corrected chi connectivity index (χ4v) is 4.25. The van der Waals surface area contributed by atoms with Gasteiger partial charge >= 0.3 is 5.97 Å². The van der Waals surface area contributed by atoms with E-state index in [0.29, 0.717) is 5.56 Å². The molecule has 4 rings (SSSR count). The molecule has 9 nitrogen and oxygen atoms in total. The minimum atomic E-state index is -2.58. The predicted octanol–water partition coefficient (Wildman–Crippen LogP) is 0.629. The standard InChI is InChI=1S/C24H22N2O7/c27-12-11-18-24(23(31)32,22(30)25-19(28)14-16-9-5-2-6-10-16)26-20(29)17(21(26)33-18)13-15-7-3-1-4-8-15/h1-11,17,21,27H,12-14H2,(H,31,32)(H,25,28,30)/b18-11-/t17?,21-,24-/m1/s1. The van der Waals surface area contributed by atoms with Crippen molar-refractivity contribution in [2.45, 2.75) is 24.6 Å². The van der Waals surface area contributed by atoms with Gasteiger partial charge in [-0.25, -0.2) is 4.79 Å². The Hall–Kier alpha value is -3.98. The molecule has 2 fully saturated rings. The lowest BCUT2D eigenvalue weighted by Gasteiger charge is -2.44. The van der Waals surface area contributed by atoms with E-state index < -0.39 is 53.7 Å². The van der Waals surface area contributed by atoms with E-state index in [1.54, 1.807) is 30.3 Å². The summed E-state index contributed by atoms with van der Waals surface area (Å²) in [7, 11) is 0. The lowest BCUT2D eigenvalue weighted by atomic mass is 9.83. The molecule has 0 saturated carbocycles. The van der Waals surface area contributed by atoms with E-state index in [1.807, 2.05) is 30.3 Å². The Morgan fingerprint density at radius 2 is 1.64 bits per heavy atom. The normalized spacial score (nSPS) is 24.6. The molecule has 0 radical (unpaired) electrons. The highest BCUT2D eigenvalue weighted by molar-refractivity contribution is 6.18. The number of aliphatic carboxylic acids is 1. The fourth-order valence-electron chi connectivity index (χ4n) is 4.25. The molecule has 3 N–H and O–H groups in total. The van der Waals surface area contributed by atoms with E-state index in [2.05, 4.69) is 5.32 Å². The van der Waals surface area contributed by atoms with E-state index in [9.17, 15) is 29.4 Å². The van der Waals surface area contributed by atoms with E-state index in [1.165, 1.54) is 0 Å². The van der Waals surface area contributed by atoms with Crippen molar-refractivity contribution >= 4 is 23.7 Å². The third-order valence-electron chi connectivity index (χ3n) is 5.79. The molecule has 1 unspecified atom stereocenters. The van der Waals surface area contributed by atoms with Crippen molar-refractivity contribution in [2.75, 3.05) is 6.61 Å². The predicted molar refractivity (Wildman–Crippen MR) is 114 cm³/mol. The maximum absolute atomic E-state index is 13.2. The zero-order valence-electron chi connectivity index (χ0n) is 17.5. The lowest BCUT2D eigenvalue weighted by molar-refractivity contribution is -0.185. The molecule has 9 heteroatoms. The van der Waals surface area contributed by atoms with Crippen LogP contribution in [0.4, 0.5) is 0 Å². The summed E-state index contributed by atoms with van der Waals surface area (Å²) >= 11 is 0. The highest BCUT2D eigenvalue weighted by Gasteiger charge is 2.72. The number of rotatable bonds is 7. The Kier molecular flexibility index (Phi) is 5.97. The summed E-state index contributed by atoms with van der Waals surface area (Å²) in [4.78, 5) is 51.9. The van der Waals surface area contributed by atoms with Crippen molar-refractivity contribution in [1.29, 1.82) is 0 Å². The van der Waals surface area contributed by atoms with Crippen LogP contribution in [0.2, 0.25) is 0 Å². The molecule has 3 atom stereocenters. The molecule has 0 aromatic heterocycles. The Labute approximate surface area is 189 Å². The van der Waals surface area contributed by atoms with Crippen LogP contribution in [0.3, 0.4) is 0 Å². The molecule has 2 aliphatic rings. The molecule has 2 aliphatic heterocycles. The molecular formula is C24H22N2O7. The number of aliphatic hydroxyl groups excluding tert-OH is 1. The van der Waals surface area contributed by atoms with Gasteiger partial charge < -0.3 is 14.9 Å². The summed E-state index contributed by atoms with van der Waals surface area (Å²) in [5.41, 5.74) is -1.10. The number of carbonyl (C=O) groups is 4. The second-order valence-electron chi connectivity index (χ2n) is 7.82. The first-order valence-corrected chi connectivity index (χ1v) is 10.4. The highest BCUT2D eigenvalue weighted by atomic mass is 16.5. The smallest absolute Gasteiger partial charge is 0.347 e. The number of aliphatic hydroxyl groups is 1. The van der Waals surface area contributed by atoms with Crippen LogP contribution < -0.4 is 5.32 Å². The molecule has 2 saturated heterocycles. The number of carbonyl (C=O) groups excluding carboxylic acids is 3. The Bertz CT molecular complexity index is 1120. The van der Waals surface area contributed by atoms with Crippen molar-refractivity contribution in [1.82, 2.24) is 10.2 Å². The Morgan fingerprint density at radius 1 is 1.03 bits per heavy atom. The maximum Gasteiger partial charge on any atom is 0.347 e. The quantitative estimate of drug-likeness (QED) is 0.416. The van der Waals surface area contributed by atoms with Gasteiger partial charge in [-0.3, -0.25) is 24.6 Å². The maximum atomic E-state index is 13.2. The zero-order valence-corrected chi connectivity index (χ0v) is 17.5. The van der Waals surface area contributed by atoms with Crippen LogP contribution in [0.15, 0.2) is 72.5 Å². The molecule has 0 spiro atoms. The van der Waals surface area contributed by atoms with Gasteiger partial charge in [0.2, 0.25) is 11.8 Å². The zero-order chi connectivity index (χ0) is 23.6. The van der Waals surface area contributed by atoms with Crippen LogP contribution in [-0.4, -0.2) is 57.2 Å². The molecule has 33 heavy (non-hydrogen) atoms. The summed E-state index contributed by atoms with van der Waals surface area (Å²) in [6.45, 7) is -0.617. The molecule has 3 amide bonds. The lowest BCUT2D eigenvalue weighted by Crippen LogP contribution is -2.72. The minimum absolute atomic E-state index is 0.157. The third kappa shape index (κ3) is 3.76. The van der Waals surface area contributed by atoms with E-state index in [4.69, 9.17) is 4.74 Å². The average Bonchev–Trinajstić information content (AvgIpc) is 3.11. The van der Waals surface area contributed by atoms with Gasteiger partial charge in [-0.15, -0.1) is 0 Å². The minimum Gasteiger partial charge on any atom is -0.479 e.